The molecule has 154 valence electrons. The highest BCUT2D eigenvalue weighted by atomic mass is 19.1. The van der Waals surface area contributed by atoms with Crippen LogP contribution in [0.4, 0.5) is 8.78 Å². The molecule has 0 aromatic heterocycles. The fraction of sp³-hybridized carbons (Fsp3) is 0.619. The first kappa shape index (κ1) is 20.7. The Morgan fingerprint density at radius 1 is 1.14 bits per heavy atom. The minimum Gasteiger partial charge on any atom is -0.394 e. The first-order valence-corrected chi connectivity index (χ1v) is 10.1. The molecule has 1 heterocycles. The Morgan fingerprint density at radius 2 is 1.82 bits per heavy atom. The second-order valence-electron chi connectivity index (χ2n) is 7.96. The molecule has 1 saturated carbocycles. The molecule has 2 fully saturated rings. The summed E-state index contributed by atoms with van der Waals surface area (Å²) in [4.78, 5) is 26.5. The number of benzene rings is 1. The van der Waals surface area contributed by atoms with Gasteiger partial charge in [0, 0.05) is 25.1 Å². The van der Waals surface area contributed by atoms with Gasteiger partial charge in [-0.25, -0.2) is 8.78 Å². The van der Waals surface area contributed by atoms with E-state index in [9.17, 15) is 23.5 Å². The van der Waals surface area contributed by atoms with E-state index < -0.39 is 17.5 Å². The number of piperidine rings is 1. The maximum absolute atomic E-state index is 13.8. The summed E-state index contributed by atoms with van der Waals surface area (Å²) in [6.07, 6.45) is 6.54. The van der Waals surface area contributed by atoms with Crippen molar-refractivity contribution < 1.29 is 23.5 Å². The Balaban J connectivity index is 1.49. The van der Waals surface area contributed by atoms with Crippen LogP contribution in [0.1, 0.15) is 55.3 Å². The third-order valence-corrected chi connectivity index (χ3v) is 5.97. The van der Waals surface area contributed by atoms with Gasteiger partial charge in [-0.3, -0.25) is 9.59 Å². The minimum absolute atomic E-state index is 0.0661. The highest BCUT2D eigenvalue weighted by Gasteiger charge is 2.30. The summed E-state index contributed by atoms with van der Waals surface area (Å²) < 4.78 is 26.9. The van der Waals surface area contributed by atoms with Gasteiger partial charge in [0.2, 0.25) is 5.91 Å². The fourth-order valence-electron chi connectivity index (χ4n) is 4.32. The van der Waals surface area contributed by atoms with Gasteiger partial charge in [-0.1, -0.05) is 25.7 Å². The zero-order valence-corrected chi connectivity index (χ0v) is 16.0. The highest BCUT2D eigenvalue weighted by molar-refractivity contribution is 5.94. The predicted octanol–water partition coefficient (Wildman–Crippen LogP) is 2.87. The number of hydrogen-bond donors (Lipinski definition) is 2. The summed E-state index contributed by atoms with van der Waals surface area (Å²) in [6.45, 7) is 0.629. The second-order valence-corrected chi connectivity index (χ2v) is 7.96. The van der Waals surface area contributed by atoms with E-state index in [2.05, 4.69) is 5.32 Å². The van der Waals surface area contributed by atoms with Gasteiger partial charge in [0.1, 0.15) is 11.6 Å². The van der Waals surface area contributed by atoms with Gasteiger partial charge >= 0.3 is 0 Å². The second kappa shape index (κ2) is 9.45. The Morgan fingerprint density at radius 3 is 2.43 bits per heavy atom. The molecule has 3 rings (SSSR count). The number of nitrogens with one attached hydrogen (secondary N) is 1. The predicted molar refractivity (Wildman–Crippen MR) is 101 cm³/mol. The molecule has 1 aliphatic heterocycles. The molecule has 2 aliphatic rings. The standard InChI is InChI=1S/C21H28F2N2O3/c22-16-5-6-18(19(23)12-16)21(28)25-9-7-15(8-10-25)20(27)24-17(13-26)11-14-3-1-2-4-14/h5-6,12,14-15,17,26H,1-4,7-11,13H2,(H,24,27)/t17-/m0/s1. The number of carbonyl (C=O) groups is 2. The van der Waals surface area contributed by atoms with E-state index in [0.29, 0.717) is 37.9 Å². The van der Waals surface area contributed by atoms with Crippen molar-refractivity contribution in [3.05, 3.63) is 35.4 Å². The van der Waals surface area contributed by atoms with E-state index in [1.165, 1.54) is 17.7 Å². The zero-order valence-electron chi connectivity index (χ0n) is 16.0. The lowest BCUT2D eigenvalue weighted by Gasteiger charge is -2.32. The van der Waals surface area contributed by atoms with Crippen LogP contribution in [-0.4, -0.2) is 47.6 Å². The van der Waals surface area contributed by atoms with Gasteiger partial charge in [-0.15, -0.1) is 0 Å². The number of likely N-dealkylation sites (tertiary alicyclic amines) is 1. The summed E-state index contributed by atoms with van der Waals surface area (Å²) in [5.41, 5.74) is -0.152. The highest BCUT2D eigenvalue weighted by Crippen LogP contribution is 2.29. The Labute approximate surface area is 164 Å². The van der Waals surface area contributed by atoms with Crippen LogP contribution in [0.5, 0.6) is 0 Å². The third-order valence-electron chi connectivity index (χ3n) is 5.97. The van der Waals surface area contributed by atoms with Crippen LogP contribution < -0.4 is 5.32 Å². The number of halogens is 2. The van der Waals surface area contributed by atoms with Crippen molar-refractivity contribution in [1.29, 1.82) is 0 Å². The molecular weight excluding hydrogens is 366 g/mol. The van der Waals surface area contributed by atoms with Crippen LogP contribution in [0.15, 0.2) is 18.2 Å². The van der Waals surface area contributed by atoms with Crippen molar-refractivity contribution >= 4 is 11.8 Å². The number of aliphatic hydroxyl groups excluding tert-OH is 1. The van der Waals surface area contributed by atoms with Crippen molar-refractivity contribution in [3.8, 4) is 0 Å². The fourth-order valence-corrected chi connectivity index (χ4v) is 4.32. The van der Waals surface area contributed by atoms with E-state index in [1.54, 1.807) is 0 Å². The van der Waals surface area contributed by atoms with Crippen molar-refractivity contribution in [2.75, 3.05) is 19.7 Å². The summed E-state index contributed by atoms with van der Waals surface area (Å²) in [5.74, 6) is -1.81. The first-order chi connectivity index (χ1) is 13.5. The lowest BCUT2D eigenvalue weighted by atomic mass is 9.93. The smallest absolute Gasteiger partial charge is 0.256 e. The van der Waals surface area contributed by atoms with Crippen LogP contribution in [0.25, 0.3) is 0 Å². The Kier molecular flexibility index (Phi) is 6.99. The van der Waals surface area contributed by atoms with Crippen LogP contribution in [0.3, 0.4) is 0 Å². The average molecular weight is 394 g/mol. The van der Waals surface area contributed by atoms with Gasteiger partial charge < -0.3 is 15.3 Å². The van der Waals surface area contributed by atoms with E-state index >= 15 is 0 Å². The largest absolute Gasteiger partial charge is 0.394 e. The molecular formula is C21H28F2N2O3. The zero-order chi connectivity index (χ0) is 20.1. The number of rotatable bonds is 6. The topological polar surface area (TPSA) is 69.6 Å². The van der Waals surface area contributed by atoms with Gasteiger partial charge in [0.05, 0.1) is 18.2 Å². The molecule has 1 aromatic carbocycles. The Bertz CT molecular complexity index is 699. The molecule has 0 radical (unpaired) electrons. The van der Waals surface area contributed by atoms with Crippen LogP contribution in [0.2, 0.25) is 0 Å². The van der Waals surface area contributed by atoms with E-state index in [1.807, 2.05) is 0 Å². The van der Waals surface area contributed by atoms with Crippen LogP contribution in [0, 0.1) is 23.5 Å². The molecule has 1 atom stereocenters. The quantitative estimate of drug-likeness (QED) is 0.780. The summed E-state index contributed by atoms with van der Waals surface area (Å²) in [6, 6.07) is 2.70. The molecule has 2 N–H and O–H groups in total. The first-order valence-electron chi connectivity index (χ1n) is 10.1. The van der Waals surface area contributed by atoms with Gasteiger partial charge in [-0.2, -0.15) is 0 Å². The van der Waals surface area contributed by atoms with Crippen molar-refractivity contribution in [2.45, 2.75) is 51.0 Å². The summed E-state index contributed by atoms with van der Waals surface area (Å²) in [5, 5.41) is 12.6. The molecule has 7 heteroatoms. The SMILES string of the molecule is O=C(N[C@H](CO)CC1CCCC1)C1CCN(C(=O)c2ccc(F)cc2F)CC1. The molecule has 28 heavy (non-hydrogen) atoms. The summed E-state index contributed by atoms with van der Waals surface area (Å²) in [7, 11) is 0. The van der Waals surface area contributed by atoms with Crippen LogP contribution >= 0.6 is 0 Å². The average Bonchev–Trinajstić information content (AvgIpc) is 3.20. The maximum Gasteiger partial charge on any atom is 0.256 e. The van der Waals surface area contributed by atoms with Crippen LogP contribution in [-0.2, 0) is 4.79 Å². The van der Waals surface area contributed by atoms with Crippen molar-refractivity contribution in [1.82, 2.24) is 10.2 Å². The number of aliphatic hydroxyl groups is 1. The molecule has 0 spiro atoms. The third kappa shape index (κ3) is 5.07. The van der Waals surface area contributed by atoms with Gasteiger partial charge in [-0.05, 0) is 37.3 Å². The molecule has 1 aromatic rings. The molecule has 2 amide bonds. The Hall–Kier alpha value is -2.02. The normalized spacial score (nSPS) is 19.6. The van der Waals surface area contributed by atoms with E-state index in [-0.39, 0.29) is 30.0 Å². The number of amides is 2. The molecule has 0 unspecified atom stereocenters. The number of hydrogen-bond acceptors (Lipinski definition) is 3. The maximum atomic E-state index is 13.8. The van der Waals surface area contributed by atoms with Crippen molar-refractivity contribution in [2.24, 2.45) is 11.8 Å². The summed E-state index contributed by atoms with van der Waals surface area (Å²) >= 11 is 0. The minimum atomic E-state index is -0.873. The molecule has 1 aliphatic carbocycles. The van der Waals surface area contributed by atoms with E-state index in [0.717, 1.165) is 31.4 Å². The number of nitrogens with zero attached hydrogens (tertiary/aromatic N) is 1. The van der Waals surface area contributed by atoms with Crippen molar-refractivity contribution in [3.63, 3.8) is 0 Å². The molecule has 1 saturated heterocycles. The van der Waals surface area contributed by atoms with Gasteiger partial charge in [0.15, 0.2) is 0 Å². The van der Waals surface area contributed by atoms with E-state index in [4.69, 9.17) is 0 Å². The molecule has 5 nitrogen and oxygen atoms in total. The lowest BCUT2D eigenvalue weighted by Crippen LogP contribution is -2.46. The molecule has 0 bridgehead atoms. The lowest BCUT2D eigenvalue weighted by molar-refractivity contribution is -0.127. The van der Waals surface area contributed by atoms with Gasteiger partial charge in [0.25, 0.3) is 5.91 Å². The number of carbonyl (C=O) groups excluding carboxylic acids is 2. The monoisotopic (exact) mass is 394 g/mol.